The van der Waals surface area contributed by atoms with Crippen LogP contribution in [0, 0.1) is 30.0 Å². The molecule has 216 valence electrons. The number of imidazole rings is 1. The van der Waals surface area contributed by atoms with Crippen molar-refractivity contribution in [2.75, 3.05) is 19.8 Å². The zero-order valence-corrected chi connectivity index (χ0v) is 23.0. The molecule has 10 nitrogen and oxygen atoms in total. The number of nitrogens with zero attached hydrogens (tertiary/aromatic N) is 4. The minimum absolute atomic E-state index is 0.0259. The summed E-state index contributed by atoms with van der Waals surface area (Å²) in [5.74, 6) is -0.319. The number of nitriles is 1. The van der Waals surface area contributed by atoms with Crippen LogP contribution in [0.15, 0.2) is 48.5 Å². The van der Waals surface area contributed by atoms with Crippen LogP contribution < -0.4 is 4.74 Å². The van der Waals surface area contributed by atoms with E-state index in [1.165, 1.54) is 12.1 Å². The van der Waals surface area contributed by atoms with E-state index in [4.69, 9.17) is 29.2 Å². The number of rotatable bonds is 9. The third kappa shape index (κ3) is 5.97. The lowest BCUT2D eigenvalue weighted by atomic mass is 10.1. The molecule has 0 bridgehead atoms. The van der Waals surface area contributed by atoms with E-state index >= 15 is 0 Å². The Labute approximate surface area is 241 Å². The maximum Gasteiger partial charge on any atom is 0.335 e. The van der Waals surface area contributed by atoms with E-state index in [0.29, 0.717) is 43.3 Å². The first-order valence-electron chi connectivity index (χ1n) is 13.7. The molecule has 4 heterocycles. The highest BCUT2D eigenvalue weighted by molar-refractivity contribution is 5.92. The predicted octanol–water partition coefficient (Wildman–Crippen LogP) is 4.72. The number of carbonyl (C=O) groups is 1. The highest BCUT2D eigenvalue weighted by Gasteiger charge is 2.28. The number of fused-ring (bicyclic) bond motifs is 1. The van der Waals surface area contributed by atoms with E-state index in [2.05, 4.69) is 9.55 Å². The van der Waals surface area contributed by atoms with Crippen molar-refractivity contribution in [3.63, 3.8) is 0 Å². The van der Waals surface area contributed by atoms with Crippen molar-refractivity contribution in [1.29, 1.82) is 5.26 Å². The molecule has 2 aromatic heterocycles. The molecule has 1 N–H and O–H groups in total. The molecule has 2 fully saturated rings. The van der Waals surface area contributed by atoms with Gasteiger partial charge in [-0.25, -0.2) is 19.2 Å². The lowest BCUT2D eigenvalue weighted by molar-refractivity contribution is -0.207. The number of aromatic nitrogens is 3. The van der Waals surface area contributed by atoms with Crippen molar-refractivity contribution < 1.29 is 33.2 Å². The van der Waals surface area contributed by atoms with Crippen molar-refractivity contribution in [2.24, 2.45) is 5.92 Å². The van der Waals surface area contributed by atoms with Gasteiger partial charge in [-0.1, -0.05) is 6.07 Å². The second-order valence-corrected chi connectivity index (χ2v) is 10.6. The number of pyridine rings is 1. The Bertz CT molecular complexity index is 1670. The van der Waals surface area contributed by atoms with Gasteiger partial charge in [0.25, 0.3) is 0 Å². The number of halogens is 1. The first-order valence-corrected chi connectivity index (χ1v) is 13.7. The minimum atomic E-state index is -0.981. The zero-order valence-electron chi connectivity index (χ0n) is 23.0. The number of aryl methyl sites for hydroxylation is 1. The van der Waals surface area contributed by atoms with E-state index in [9.17, 15) is 14.3 Å². The molecule has 1 atom stereocenters. The molecule has 0 unspecified atom stereocenters. The average Bonchev–Trinajstić information content (AvgIpc) is 3.30. The van der Waals surface area contributed by atoms with Crippen LogP contribution in [-0.4, -0.2) is 51.5 Å². The Balaban J connectivity index is 1.12. The molecular formula is C31H29FN4O6. The summed E-state index contributed by atoms with van der Waals surface area (Å²) < 4.78 is 39.9. The van der Waals surface area contributed by atoms with Gasteiger partial charge < -0.3 is 28.6 Å². The summed E-state index contributed by atoms with van der Waals surface area (Å²) in [6, 6.07) is 14.7. The maximum absolute atomic E-state index is 14.3. The summed E-state index contributed by atoms with van der Waals surface area (Å²) in [7, 11) is 0. The molecule has 2 aliphatic heterocycles. The van der Waals surface area contributed by atoms with Crippen molar-refractivity contribution in [3.8, 4) is 11.9 Å². The van der Waals surface area contributed by atoms with Crippen molar-refractivity contribution in [1.82, 2.24) is 14.5 Å². The van der Waals surface area contributed by atoms with E-state index < -0.39 is 18.1 Å². The number of carboxylic acids is 1. The van der Waals surface area contributed by atoms with Gasteiger partial charge in [0.05, 0.1) is 54.1 Å². The lowest BCUT2D eigenvalue weighted by Crippen LogP contribution is -2.33. The normalized spacial score (nSPS) is 20.2. The molecular weight excluding hydrogens is 543 g/mol. The van der Waals surface area contributed by atoms with Crippen LogP contribution in [-0.2, 0) is 33.8 Å². The SMILES string of the molecule is Cc1cc(OCc2ccc(C#N)cc2F)nc(C2OCC(Cc3nc4ccc(C(=O)O)cc4n3C[C@@H]3CCO3)CO2)c1. The number of benzene rings is 2. The van der Waals surface area contributed by atoms with Gasteiger partial charge in [0.1, 0.15) is 23.9 Å². The zero-order chi connectivity index (χ0) is 29.2. The Morgan fingerprint density at radius 1 is 1.14 bits per heavy atom. The fourth-order valence-corrected chi connectivity index (χ4v) is 5.13. The first-order chi connectivity index (χ1) is 20.4. The fraction of sp³-hybridized carbons (Fsp3) is 0.355. The summed E-state index contributed by atoms with van der Waals surface area (Å²) in [4.78, 5) is 20.9. The van der Waals surface area contributed by atoms with Gasteiger partial charge in [0.15, 0.2) is 0 Å². The monoisotopic (exact) mass is 572 g/mol. The van der Waals surface area contributed by atoms with Crippen LogP contribution in [0.3, 0.4) is 0 Å². The summed E-state index contributed by atoms with van der Waals surface area (Å²) in [6.07, 6.45) is 0.931. The van der Waals surface area contributed by atoms with Crippen molar-refractivity contribution >= 4 is 17.0 Å². The Morgan fingerprint density at radius 3 is 2.64 bits per heavy atom. The van der Waals surface area contributed by atoms with Gasteiger partial charge in [-0.2, -0.15) is 5.26 Å². The molecule has 11 heteroatoms. The number of hydrogen-bond acceptors (Lipinski definition) is 8. The minimum Gasteiger partial charge on any atom is -0.478 e. The van der Waals surface area contributed by atoms with Gasteiger partial charge in [-0.15, -0.1) is 0 Å². The highest BCUT2D eigenvalue weighted by Crippen LogP contribution is 2.30. The van der Waals surface area contributed by atoms with Crippen LogP contribution in [0.1, 0.15) is 51.3 Å². The van der Waals surface area contributed by atoms with Gasteiger partial charge in [-0.05, 0) is 55.3 Å². The third-order valence-corrected chi connectivity index (χ3v) is 7.46. The Morgan fingerprint density at radius 2 is 1.95 bits per heavy atom. The van der Waals surface area contributed by atoms with Gasteiger partial charge in [0, 0.05) is 30.6 Å². The molecule has 2 aliphatic rings. The molecule has 0 saturated carbocycles. The first kappa shape index (κ1) is 27.8. The van der Waals surface area contributed by atoms with E-state index in [-0.39, 0.29) is 29.8 Å². The van der Waals surface area contributed by atoms with Crippen LogP contribution in [0.25, 0.3) is 11.0 Å². The molecule has 2 aromatic carbocycles. The van der Waals surface area contributed by atoms with Crippen molar-refractivity contribution in [2.45, 2.75) is 45.3 Å². The largest absolute Gasteiger partial charge is 0.478 e. The Hall–Kier alpha value is -4.37. The quantitative estimate of drug-likeness (QED) is 0.303. The highest BCUT2D eigenvalue weighted by atomic mass is 19.1. The van der Waals surface area contributed by atoms with Gasteiger partial charge in [-0.3, -0.25) is 0 Å². The third-order valence-electron chi connectivity index (χ3n) is 7.46. The number of ether oxygens (including phenoxy) is 4. The lowest BCUT2D eigenvalue weighted by Gasteiger charge is -2.30. The molecule has 0 spiro atoms. The summed E-state index contributed by atoms with van der Waals surface area (Å²) in [6.45, 7) is 4.02. The molecule has 0 amide bonds. The molecule has 2 saturated heterocycles. The molecule has 0 aliphatic carbocycles. The predicted molar refractivity (Wildman–Crippen MR) is 147 cm³/mol. The maximum atomic E-state index is 14.3. The smallest absolute Gasteiger partial charge is 0.335 e. The van der Waals surface area contributed by atoms with E-state index in [0.717, 1.165) is 35.4 Å². The number of carboxylic acid groups (broad SMARTS) is 1. The molecule has 42 heavy (non-hydrogen) atoms. The van der Waals surface area contributed by atoms with Gasteiger partial charge in [0.2, 0.25) is 12.2 Å². The molecule has 0 radical (unpaired) electrons. The molecule has 4 aromatic rings. The fourth-order valence-electron chi connectivity index (χ4n) is 5.13. The van der Waals surface area contributed by atoms with Crippen molar-refractivity contribution in [3.05, 3.63) is 88.1 Å². The van der Waals surface area contributed by atoms with Crippen LogP contribution in [0.2, 0.25) is 0 Å². The number of aromatic carboxylic acids is 1. The van der Waals surface area contributed by atoms with Crippen LogP contribution in [0.4, 0.5) is 4.39 Å². The second kappa shape index (κ2) is 11.9. The van der Waals surface area contributed by atoms with E-state index in [1.807, 2.05) is 19.1 Å². The van der Waals surface area contributed by atoms with Crippen LogP contribution in [0.5, 0.6) is 5.88 Å². The summed E-state index contributed by atoms with van der Waals surface area (Å²) in [5.41, 5.74) is 3.73. The Kier molecular flexibility index (Phi) is 7.84. The topological polar surface area (TPSA) is 129 Å². The van der Waals surface area contributed by atoms with Gasteiger partial charge >= 0.3 is 5.97 Å². The number of hydrogen-bond donors (Lipinski definition) is 1. The average molecular weight is 573 g/mol. The summed E-state index contributed by atoms with van der Waals surface area (Å²) in [5, 5.41) is 18.4. The second-order valence-electron chi connectivity index (χ2n) is 10.6. The summed E-state index contributed by atoms with van der Waals surface area (Å²) >= 11 is 0. The molecule has 6 rings (SSSR count). The standard InChI is InChI=1S/C31H29FN4O6/c1-18-8-26(35-29(9-18)40-17-22-3-2-19(13-33)10-24(22)32)31-41-15-20(16-42-31)11-28-34-25-5-4-21(30(37)38)12-27(25)36(28)14-23-6-7-39-23/h2-5,8-10,12,20,23,31H,6-7,11,14-17H2,1H3,(H,37,38)/t20?,23-,31?/m0/s1. The van der Waals surface area contributed by atoms with Crippen LogP contribution >= 0.6 is 0 Å². The van der Waals surface area contributed by atoms with E-state index in [1.54, 1.807) is 30.3 Å².